The average Bonchev–Trinajstić information content (AvgIpc) is 3.14. The highest BCUT2D eigenvalue weighted by molar-refractivity contribution is 8.05. The van der Waals surface area contributed by atoms with Crippen molar-refractivity contribution in [2.75, 3.05) is 0 Å². The van der Waals surface area contributed by atoms with Gasteiger partial charge >= 0.3 is 0 Å². The number of benzene rings is 7. The fourth-order valence-electron chi connectivity index (χ4n) is 6.30. The number of amidine groups is 1. The predicted octanol–water partition coefficient (Wildman–Crippen LogP) is 12.2. The minimum absolute atomic E-state index is 0.641. The number of aliphatic imine (C=N–C) groups is 2. The van der Waals surface area contributed by atoms with E-state index in [4.69, 9.17) is 9.98 Å². The maximum Gasteiger partial charge on any atom is 0.160 e. The first-order chi connectivity index (χ1) is 23.2. The standard InChI is InChI=1S/C43H30N2S2/c1-3-37(28-15-6-5-7-16-28)44-43(45-38(4-2)35-21-14-24-41-42(35)47-40-23-13-12-22-39(40)46-41)29-25-26-34-32-19-9-8-17-30(32)31-18-10-11-20-33(31)36(34)27-29/h3-27H,1H2,2H3/b38-4-,44-37?,45-43?. The lowest BCUT2D eigenvalue weighted by Crippen LogP contribution is -2.06. The number of hydrogen-bond donors (Lipinski definition) is 0. The number of fused-ring (bicyclic) bond motifs is 8. The van der Waals surface area contributed by atoms with E-state index in [0.29, 0.717) is 5.84 Å². The van der Waals surface area contributed by atoms with Crippen molar-refractivity contribution in [3.05, 3.63) is 175 Å². The smallest absolute Gasteiger partial charge is 0.160 e. The van der Waals surface area contributed by atoms with Gasteiger partial charge in [-0.05, 0) is 69.6 Å². The average molecular weight is 639 g/mol. The molecule has 0 saturated carbocycles. The molecule has 4 heteroatoms. The van der Waals surface area contributed by atoms with Gasteiger partial charge in [0.15, 0.2) is 5.84 Å². The molecule has 8 rings (SSSR count). The summed E-state index contributed by atoms with van der Waals surface area (Å²) in [6, 6.07) is 49.3. The number of nitrogens with zero attached hydrogens (tertiary/aromatic N) is 2. The van der Waals surface area contributed by atoms with E-state index in [1.54, 1.807) is 0 Å². The zero-order valence-corrected chi connectivity index (χ0v) is 27.5. The predicted molar refractivity (Wildman–Crippen MR) is 203 cm³/mol. The SMILES string of the molecule is C=CC(=NC(=N/C(=C\C)c1cccc2c1Sc1ccccc1S2)c1ccc2c3ccccc3c3ccccc3c2c1)c1ccccc1. The summed E-state index contributed by atoms with van der Waals surface area (Å²) in [6.45, 7) is 6.19. The molecule has 0 amide bonds. The molecular weight excluding hydrogens is 609 g/mol. The Labute approximate surface area is 283 Å². The van der Waals surface area contributed by atoms with Crippen molar-refractivity contribution >= 4 is 73.1 Å². The molecule has 0 N–H and O–H groups in total. The van der Waals surface area contributed by atoms with Gasteiger partial charge in [0.1, 0.15) is 0 Å². The Morgan fingerprint density at radius 1 is 0.532 bits per heavy atom. The van der Waals surface area contributed by atoms with Crippen LogP contribution in [0.2, 0.25) is 0 Å². The first-order valence-electron chi connectivity index (χ1n) is 15.6. The highest BCUT2D eigenvalue weighted by Crippen LogP contribution is 2.50. The van der Waals surface area contributed by atoms with Crippen molar-refractivity contribution in [2.24, 2.45) is 9.98 Å². The van der Waals surface area contributed by atoms with Gasteiger partial charge < -0.3 is 0 Å². The molecule has 7 aromatic rings. The third kappa shape index (κ3) is 5.40. The summed E-state index contributed by atoms with van der Waals surface area (Å²) in [7, 11) is 0. The molecule has 1 aliphatic heterocycles. The molecule has 0 unspecified atom stereocenters. The molecule has 224 valence electrons. The summed E-state index contributed by atoms with van der Waals surface area (Å²) < 4.78 is 0. The van der Waals surface area contributed by atoms with Crippen molar-refractivity contribution in [1.29, 1.82) is 0 Å². The summed E-state index contributed by atoms with van der Waals surface area (Å²) in [5, 5.41) is 7.36. The van der Waals surface area contributed by atoms with Crippen molar-refractivity contribution < 1.29 is 0 Å². The van der Waals surface area contributed by atoms with Crippen molar-refractivity contribution in [3.63, 3.8) is 0 Å². The van der Waals surface area contributed by atoms with Crippen LogP contribution in [0.25, 0.3) is 38.0 Å². The van der Waals surface area contributed by atoms with E-state index < -0.39 is 0 Å². The van der Waals surface area contributed by atoms with E-state index in [0.717, 1.165) is 28.1 Å². The molecule has 0 bridgehead atoms. The quantitative estimate of drug-likeness (QED) is 0.106. The Kier molecular flexibility index (Phi) is 7.82. The molecule has 0 aromatic heterocycles. The van der Waals surface area contributed by atoms with Crippen molar-refractivity contribution in [3.8, 4) is 0 Å². The minimum Gasteiger partial charge on any atom is -0.228 e. The Hall–Kier alpha value is -5.16. The van der Waals surface area contributed by atoms with Gasteiger partial charge in [0.05, 0.1) is 11.4 Å². The van der Waals surface area contributed by atoms with Gasteiger partial charge in [0.25, 0.3) is 0 Å². The van der Waals surface area contributed by atoms with Crippen LogP contribution in [0.4, 0.5) is 0 Å². The lowest BCUT2D eigenvalue weighted by atomic mass is 9.93. The molecule has 0 fully saturated rings. The zero-order chi connectivity index (χ0) is 31.7. The second-order valence-electron chi connectivity index (χ2n) is 11.3. The van der Waals surface area contributed by atoms with Crippen LogP contribution < -0.4 is 0 Å². The third-order valence-corrected chi connectivity index (χ3v) is 11.1. The summed E-state index contributed by atoms with van der Waals surface area (Å²) in [5.74, 6) is 0.641. The molecule has 0 atom stereocenters. The van der Waals surface area contributed by atoms with Crippen LogP contribution in [-0.2, 0) is 0 Å². The van der Waals surface area contributed by atoms with Gasteiger partial charge in [-0.2, -0.15) is 0 Å². The van der Waals surface area contributed by atoms with Crippen LogP contribution in [0.5, 0.6) is 0 Å². The lowest BCUT2D eigenvalue weighted by Gasteiger charge is -2.21. The Morgan fingerprint density at radius 2 is 1.11 bits per heavy atom. The van der Waals surface area contributed by atoms with E-state index in [2.05, 4.69) is 141 Å². The topological polar surface area (TPSA) is 24.7 Å². The van der Waals surface area contributed by atoms with E-state index in [9.17, 15) is 0 Å². The van der Waals surface area contributed by atoms with E-state index >= 15 is 0 Å². The number of hydrogen-bond acceptors (Lipinski definition) is 3. The van der Waals surface area contributed by atoms with Crippen molar-refractivity contribution in [1.82, 2.24) is 0 Å². The lowest BCUT2D eigenvalue weighted by molar-refractivity contribution is 1.14. The normalized spacial score (nSPS) is 13.5. The molecule has 0 saturated heterocycles. The molecule has 1 heterocycles. The first kappa shape index (κ1) is 29.3. The number of allylic oxidation sites excluding steroid dienone is 2. The summed E-state index contributed by atoms with van der Waals surface area (Å²) >= 11 is 3.63. The summed E-state index contributed by atoms with van der Waals surface area (Å²) in [5.41, 5.74) is 4.70. The Balaban J connectivity index is 1.35. The van der Waals surface area contributed by atoms with Gasteiger partial charge in [-0.3, -0.25) is 0 Å². The van der Waals surface area contributed by atoms with Gasteiger partial charge in [-0.25, -0.2) is 9.98 Å². The van der Waals surface area contributed by atoms with Crippen molar-refractivity contribution in [2.45, 2.75) is 26.5 Å². The number of rotatable bonds is 5. The maximum absolute atomic E-state index is 5.38. The van der Waals surface area contributed by atoms with Crippen LogP contribution >= 0.6 is 23.5 Å². The van der Waals surface area contributed by atoms with Gasteiger partial charge in [0.2, 0.25) is 0 Å². The Morgan fingerprint density at radius 3 is 1.77 bits per heavy atom. The van der Waals surface area contributed by atoms with Gasteiger partial charge in [0, 0.05) is 36.3 Å². The molecular formula is C43H30N2S2. The largest absolute Gasteiger partial charge is 0.228 e. The Bertz CT molecular complexity index is 2400. The van der Waals surface area contributed by atoms with Crippen LogP contribution in [0.3, 0.4) is 0 Å². The molecule has 1 aliphatic rings. The van der Waals surface area contributed by atoms with E-state index in [1.165, 1.54) is 51.9 Å². The highest BCUT2D eigenvalue weighted by atomic mass is 32.2. The highest BCUT2D eigenvalue weighted by Gasteiger charge is 2.21. The third-order valence-electron chi connectivity index (χ3n) is 8.53. The van der Waals surface area contributed by atoms with Gasteiger partial charge in [-0.15, -0.1) is 0 Å². The molecule has 0 aliphatic carbocycles. The fourth-order valence-corrected chi connectivity index (χ4v) is 8.68. The monoisotopic (exact) mass is 638 g/mol. The van der Waals surface area contributed by atoms with Crippen LogP contribution in [0.1, 0.15) is 23.6 Å². The van der Waals surface area contributed by atoms with E-state index in [-0.39, 0.29) is 0 Å². The zero-order valence-electron chi connectivity index (χ0n) is 25.9. The molecule has 2 nitrogen and oxygen atoms in total. The second-order valence-corrected chi connectivity index (χ2v) is 13.4. The minimum atomic E-state index is 0.641. The first-order valence-corrected chi connectivity index (χ1v) is 17.3. The molecule has 0 radical (unpaired) electrons. The van der Waals surface area contributed by atoms with Crippen LogP contribution in [0.15, 0.2) is 188 Å². The summed E-state index contributed by atoms with van der Waals surface area (Å²) in [4.78, 5) is 15.6. The van der Waals surface area contributed by atoms with E-state index in [1.807, 2.05) is 47.8 Å². The fraction of sp³-hybridized carbons (Fsp3) is 0.0233. The maximum atomic E-state index is 5.38. The van der Waals surface area contributed by atoms with Crippen LogP contribution in [0, 0.1) is 0 Å². The summed E-state index contributed by atoms with van der Waals surface area (Å²) in [6.07, 6.45) is 3.91. The molecule has 47 heavy (non-hydrogen) atoms. The molecule has 7 aromatic carbocycles. The second kappa shape index (κ2) is 12.6. The van der Waals surface area contributed by atoms with Gasteiger partial charge in [-0.1, -0.05) is 151 Å². The molecule has 0 spiro atoms. The van der Waals surface area contributed by atoms with Crippen LogP contribution in [-0.4, -0.2) is 11.5 Å².